The highest BCUT2D eigenvalue weighted by atomic mass is 16.7. The van der Waals surface area contributed by atoms with Crippen LogP contribution in [0.3, 0.4) is 0 Å². The van der Waals surface area contributed by atoms with Crippen LogP contribution >= 0.6 is 0 Å². The van der Waals surface area contributed by atoms with Gasteiger partial charge in [-0.15, -0.1) is 0 Å². The van der Waals surface area contributed by atoms with Crippen LogP contribution < -0.4 is 4.74 Å². The largest absolute Gasteiger partial charge is 0.481 e. The maximum Gasteiger partial charge on any atom is 0.217 e. The lowest BCUT2D eigenvalue weighted by molar-refractivity contribution is -0.185. The number of aromatic nitrogens is 1. The summed E-state index contributed by atoms with van der Waals surface area (Å²) in [6, 6.07) is 4.02. The van der Waals surface area contributed by atoms with Crippen molar-refractivity contribution in [2.75, 3.05) is 33.4 Å². The highest BCUT2D eigenvalue weighted by Gasteiger charge is 2.39. The summed E-state index contributed by atoms with van der Waals surface area (Å²) < 4.78 is 16.8. The molecule has 2 aliphatic heterocycles. The van der Waals surface area contributed by atoms with Gasteiger partial charge in [0.05, 0.1) is 20.3 Å². The van der Waals surface area contributed by atoms with Crippen LogP contribution in [-0.4, -0.2) is 49.1 Å². The number of likely N-dealkylation sites (tertiary alicyclic amines) is 1. The first kappa shape index (κ1) is 12.8. The summed E-state index contributed by atoms with van der Waals surface area (Å²) >= 11 is 0. The molecule has 0 aromatic carbocycles. The molecule has 1 spiro atoms. The second-order valence-corrected chi connectivity index (χ2v) is 5.06. The van der Waals surface area contributed by atoms with Crippen LogP contribution in [0.15, 0.2) is 18.3 Å². The summed E-state index contributed by atoms with van der Waals surface area (Å²) in [5.74, 6) is 0.423. The van der Waals surface area contributed by atoms with E-state index in [0.717, 1.165) is 57.1 Å². The van der Waals surface area contributed by atoms with Crippen LogP contribution in [0.2, 0.25) is 0 Å². The summed E-state index contributed by atoms with van der Waals surface area (Å²) in [5.41, 5.74) is 1.13. The summed E-state index contributed by atoms with van der Waals surface area (Å²) in [6.45, 7) is 4.30. The van der Waals surface area contributed by atoms with Crippen molar-refractivity contribution in [3.63, 3.8) is 0 Å². The molecule has 104 valence electrons. The van der Waals surface area contributed by atoms with Crippen LogP contribution in [-0.2, 0) is 16.0 Å². The molecule has 0 unspecified atom stereocenters. The predicted molar refractivity (Wildman–Crippen MR) is 69.9 cm³/mol. The molecule has 0 atom stereocenters. The lowest BCUT2D eigenvalue weighted by Gasteiger charge is -2.37. The fourth-order valence-electron chi connectivity index (χ4n) is 2.81. The molecule has 19 heavy (non-hydrogen) atoms. The van der Waals surface area contributed by atoms with Gasteiger partial charge in [0, 0.05) is 44.2 Å². The lowest BCUT2D eigenvalue weighted by atomic mass is 10.0. The minimum Gasteiger partial charge on any atom is -0.481 e. The molecule has 3 heterocycles. The molecule has 0 bridgehead atoms. The van der Waals surface area contributed by atoms with Crippen LogP contribution in [0, 0.1) is 0 Å². The molecular weight excluding hydrogens is 244 g/mol. The van der Waals surface area contributed by atoms with Crippen molar-refractivity contribution >= 4 is 0 Å². The van der Waals surface area contributed by atoms with Crippen molar-refractivity contribution in [2.24, 2.45) is 0 Å². The topological polar surface area (TPSA) is 43.8 Å². The molecule has 2 aliphatic rings. The minimum atomic E-state index is -0.296. The van der Waals surface area contributed by atoms with Crippen LogP contribution in [0.25, 0.3) is 0 Å². The van der Waals surface area contributed by atoms with Gasteiger partial charge in [-0.05, 0) is 6.07 Å². The molecule has 0 radical (unpaired) electrons. The second kappa shape index (κ2) is 5.45. The third kappa shape index (κ3) is 2.73. The molecule has 0 amide bonds. The second-order valence-electron chi connectivity index (χ2n) is 5.06. The molecule has 0 saturated carbocycles. The summed E-state index contributed by atoms with van der Waals surface area (Å²) in [5, 5.41) is 0. The number of methoxy groups -OCH3 is 1. The number of nitrogens with zero attached hydrogens (tertiary/aromatic N) is 2. The first-order chi connectivity index (χ1) is 9.31. The third-order valence-electron chi connectivity index (χ3n) is 3.87. The molecule has 2 saturated heterocycles. The standard InChI is InChI=1S/C14H20N2O3/c1-17-13-12(3-2-6-15-13)11-16-7-4-14(5-8-16)18-9-10-19-14/h2-3,6H,4-5,7-11H2,1H3. The van der Waals surface area contributed by atoms with Gasteiger partial charge in [0.2, 0.25) is 5.88 Å². The Hall–Kier alpha value is -1.17. The fraction of sp³-hybridized carbons (Fsp3) is 0.643. The predicted octanol–water partition coefficient (Wildman–Crippen LogP) is 1.43. The molecule has 2 fully saturated rings. The van der Waals surface area contributed by atoms with Gasteiger partial charge in [-0.3, -0.25) is 4.90 Å². The van der Waals surface area contributed by atoms with Gasteiger partial charge in [-0.1, -0.05) is 6.07 Å². The summed E-state index contributed by atoms with van der Waals surface area (Å²) in [6.07, 6.45) is 3.64. The highest BCUT2D eigenvalue weighted by molar-refractivity contribution is 5.25. The van der Waals surface area contributed by atoms with Crippen LogP contribution in [0.5, 0.6) is 5.88 Å². The van der Waals surface area contributed by atoms with E-state index in [-0.39, 0.29) is 5.79 Å². The van der Waals surface area contributed by atoms with Crippen LogP contribution in [0.1, 0.15) is 18.4 Å². The molecule has 5 nitrogen and oxygen atoms in total. The molecule has 0 N–H and O–H groups in total. The van der Waals surface area contributed by atoms with E-state index in [1.54, 1.807) is 13.3 Å². The first-order valence-electron chi connectivity index (χ1n) is 6.79. The molecule has 1 aromatic heterocycles. The Morgan fingerprint density at radius 2 is 2.05 bits per heavy atom. The SMILES string of the molecule is COc1ncccc1CN1CCC2(CC1)OCCO2. The maximum absolute atomic E-state index is 5.74. The van der Waals surface area contributed by atoms with Crippen molar-refractivity contribution in [2.45, 2.75) is 25.2 Å². The average Bonchev–Trinajstić information content (AvgIpc) is 2.91. The zero-order valence-electron chi connectivity index (χ0n) is 11.3. The quantitative estimate of drug-likeness (QED) is 0.826. The van der Waals surface area contributed by atoms with Crippen molar-refractivity contribution in [1.82, 2.24) is 9.88 Å². The maximum atomic E-state index is 5.74. The monoisotopic (exact) mass is 264 g/mol. The van der Waals surface area contributed by atoms with Crippen LogP contribution in [0.4, 0.5) is 0 Å². The van der Waals surface area contributed by atoms with E-state index < -0.39 is 0 Å². The molecule has 3 rings (SSSR count). The van der Waals surface area contributed by atoms with E-state index in [1.807, 2.05) is 6.07 Å². The fourth-order valence-corrected chi connectivity index (χ4v) is 2.81. The van der Waals surface area contributed by atoms with Gasteiger partial charge in [0.25, 0.3) is 0 Å². The Morgan fingerprint density at radius 3 is 2.74 bits per heavy atom. The number of ether oxygens (including phenoxy) is 3. The minimum absolute atomic E-state index is 0.296. The van der Waals surface area contributed by atoms with Crippen molar-refractivity contribution in [3.8, 4) is 5.88 Å². The van der Waals surface area contributed by atoms with Gasteiger partial charge < -0.3 is 14.2 Å². The van der Waals surface area contributed by atoms with E-state index in [0.29, 0.717) is 0 Å². The number of pyridine rings is 1. The van der Waals surface area contributed by atoms with E-state index in [9.17, 15) is 0 Å². The van der Waals surface area contributed by atoms with Crippen molar-refractivity contribution < 1.29 is 14.2 Å². The Kier molecular flexibility index (Phi) is 3.68. The number of hydrogen-bond donors (Lipinski definition) is 0. The Labute approximate surface area is 113 Å². The Morgan fingerprint density at radius 1 is 1.32 bits per heavy atom. The van der Waals surface area contributed by atoms with E-state index >= 15 is 0 Å². The molecular formula is C14H20N2O3. The smallest absolute Gasteiger partial charge is 0.217 e. The van der Waals surface area contributed by atoms with Gasteiger partial charge in [-0.25, -0.2) is 4.98 Å². The zero-order chi connectivity index (χ0) is 13.1. The number of piperidine rings is 1. The third-order valence-corrected chi connectivity index (χ3v) is 3.87. The lowest BCUT2D eigenvalue weighted by Crippen LogP contribution is -2.44. The van der Waals surface area contributed by atoms with Crippen molar-refractivity contribution in [3.05, 3.63) is 23.9 Å². The number of rotatable bonds is 3. The average molecular weight is 264 g/mol. The first-order valence-corrected chi connectivity index (χ1v) is 6.79. The van der Waals surface area contributed by atoms with Crippen molar-refractivity contribution in [1.29, 1.82) is 0 Å². The molecule has 0 aliphatic carbocycles. The summed E-state index contributed by atoms with van der Waals surface area (Å²) in [4.78, 5) is 6.63. The van der Waals surface area contributed by atoms with Gasteiger partial charge in [-0.2, -0.15) is 0 Å². The van der Waals surface area contributed by atoms with E-state index in [2.05, 4.69) is 16.0 Å². The van der Waals surface area contributed by atoms with Gasteiger partial charge >= 0.3 is 0 Å². The Balaban J connectivity index is 1.60. The highest BCUT2D eigenvalue weighted by Crippen LogP contribution is 2.32. The van der Waals surface area contributed by atoms with E-state index in [1.165, 1.54) is 0 Å². The summed E-state index contributed by atoms with van der Waals surface area (Å²) in [7, 11) is 1.66. The van der Waals surface area contributed by atoms with Gasteiger partial charge in [0.1, 0.15) is 0 Å². The van der Waals surface area contributed by atoms with E-state index in [4.69, 9.17) is 14.2 Å². The number of hydrogen-bond acceptors (Lipinski definition) is 5. The molecule has 1 aromatic rings. The molecule has 5 heteroatoms. The zero-order valence-corrected chi connectivity index (χ0v) is 11.3. The van der Waals surface area contributed by atoms with Gasteiger partial charge in [0.15, 0.2) is 5.79 Å². The Bertz CT molecular complexity index is 422. The normalized spacial score (nSPS) is 22.8.